The SMILES string of the molecule is CC(C)=CC[C@@]1(C)C(=O)N(c2ccccc2)c2ccccc21. The molecule has 2 aromatic rings. The van der Waals surface area contributed by atoms with Crippen molar-refractivity contribution in [3.63, 3.8) is 0 Å². The smallest absolute Gasteiger partial charge is 0.242 e. The highest BCUT2D eigenvalue weighted by molar-refractivity contribution is 6.12. The molecule has 0 saturated heterocycles. The molecule has 0 unspecified atom stereocenters. The third-order valence-electron chi connectivity index (χ3n) is 4.35. The molecule has 0 aliphatic carbocycles. The zero-order chi connectivity index (χ0) is 15.7. The molecule has 22 heavy (non-hydrogen) atoms. The van der Waals surface area contributed by atoms with E-state index in [0.717, 1.165) is 23.4 Å². The van der Waals surface area contributed by atoms with E-state index in [-0.39, 0.29) is 5.91 Å². The minimum absolute atomic E-state index is 0.150. The summed E-state index contributed by atoms with van der Waals surface area (Å²) in [5.74, 6) is 0.150. The minimum atomic E-state index is -0.496. The van der Waals surface area contributed by atoms with Gasteiger partial charge in [0.2, 0.25) is 5.91 Å². The number of nitrogens with zero attached hydrogens (tertiary/aromatic N) is 1. The standard InChI is InChI=1S/C20H21NO/c1-15(2)13-14-20(3)17-11-7-8-12-18(17)21(19(20)22)16-9-5-4-6-10-16/h4-13H,14H2,1-3H3/t20-/m1/s1. The molecule has 112 valence electrons. The Morgan fingerprint density at radius 3 is 2.36 bits per heavy atom. The molecule has 1 aliphatic heterocycles. The number of amides is 1. The van der Waals surface area contributed by atoms with Crippen molar-refractivity contribution in [2.24, 2.45) is 0 Å². The first kappa shape index (κ1) is 14.6. The van der Waals surface area contributed by atoms with Gasteiger partial charge < -0.3 is 0 Å². The van der Waals surface area contributed by atoms with E-state index in [0.29, 0.717) is 0 Å². The van der Waals surface area contributed by atoms with Crippen LogP contribution in [0.25, 0.3) is 0 Å². The van der Waals surface area contributed by atoms with E-state index in [1.165, 1.54) is 5.57 Å². The molecule has 3 rings (SSSR count). The first-order valence-corrected chi connectivity index (χ1v) is 7.66. The number of fused-ring (bicyclic) bond motifs is 1. The summed E-state index contributed by atoms with van der Waals surface area (Å²) in [6.07, 6.45) is 2.89. The quantitative estimate of drug-likeness (QED) is 0.730. The number of anilines is 2. The maximum atomic E-state index is 13.2. The Morgan fingerprint density at radius 2 is 1.68 bits per heavy atom. The van der Waals surface area contributed by atoms with Crippen LogP contribution in [0, 0.1) is 0 Å². The first-order valence-electron chi connectivity index (χ1n) is 7.66. The molecule has 0 N–H and O–H groups in total. The van der Waals surface area contributed by atoms with E-state index in [4.69, 9.17) is 0 Å². The number of carbonyl (C=O) groups excluding carboxylic acids is 1. The van der Waals surface area contributed by atoms with Gasteiger partial charge in [-0.2, -0.15) is 0 Å². The maximum absolute atomic E-state index is 13.2. The van der Waals surface area contributed by atoms with Crippen molar-refractivity contribution in [3.05, 3.63) is 71.8 Å². The molecule has 2 aromatic carbocycles. The van der Waals surface area contributed by atoms with Crippen LogP contribution in [0.5, 0.6) is 0 Å². The molecule has 1 heterocycles. The average molecular weight is 291 g/mol. The molecular weight excluding hydrogens is 270 g/mol. The number of rotatable bonds is 3. The summed E-state index contributed by atoms with van der Waals surface area (Å²) in [6.45, 7) is 6.20. The van der Waals surface area contributed by atoms with Crippen LogP contribution < -0.4 is 4.90 Å². The van der Waals surface area contributed by atoms with E-state index in [1.807, 2.05) is 53.4 Å². The zero-order valence-electron chi connectivity index (χ0n) is 13.3. The van der Waals surface area contributed by atoms with Crippen LogP contribution in [0.15, 0.2) is 66.2 Å². The largest absolute Gasteiger partial charge is 0.280 e. The summed E-state index contributed by atoms with van der Waals surface area (Å²) in [4.78, 5) is 15.0. The third-order valence-corrected chi connectivity index (χ3v) is 4.35. The van der Waals surface area contributed by atoms with E-state index in [2.05, 4.69) is 32.9 Å². The highest BCUT2D eigenvalue weighted by Crippen LogP contribution is 2.47. The van der Waals surface area contributed by atoms with Gasteiger partial charge in [-0.15, -0.1) is 0 Å². The molecule has 1 atom stereocenters. The van der Waals surface area contributed by atoms with Gasteiger partial charge >= 0.3 is 0 Å². The first-order chi connectivity index (χ1) is 10.5. The molecule has 0 aromatic heterocycles. The highest BCUT2D eigenvalue weighted by atomic mass is 16.2. The van der Waals surface area contributed by atoms with Crippen molar-refractivity contribution in [3.8, 4) is 0 Å². The number of allylic oxidation sites excluding steroid dienone is 2. The summed E-state index contributed by atoms with van der Waals surface area (Å²) < 4.78 is 0. The molecule has 1 aliphatic rings. The van der Waals surface area contributed by atoms with Gasteiger partial charge in [0.05, 0.1) is 11.1 Å². The summed E-state index contributed by atoms with van der Waals surface area (Å²) in [7, 11) is 0. The van der Waals surface area contributed by atoms with Crippen LogP contribution in [0.1, 0.15) is 32.8 Å². The Labute approximate surface area is 132 Å². The van der Waals surface area contributed by atoms with Crippen molar-refractivity contribution >= 4 is 17.3 Å². The van der Waals surface area contributed by atoms with E-state index >= 15 is 0 Å². The minimum Gasteiger partial charge on any atom is -0.280 e. The van der Waals surface area contributed by atoms with Gasteiger partial charge in [0.25, 0.3) is 0 Å². The normalized spacial score (nSPS) is 20.0. The lowest BCUT2D eigenvalue weighted by Gasteiger charge is -2.23. The summed E-state index contributed by atoms with van der Waals surface area (Å²) in [6, 6.07) is 18.0. The molecule has 0 spiro atoms. The summed E-state index contributed by atoms with van der Waals surface area (Å²) in [5.41, 5.74) is 3.79. The van der Waals surface area contributed by atoms with Crippen LogP contribution in [0.3, 0.4) is 0 Å². The Balaban J connectivity index is 2.13. The number of benzene rings is 2. The second-order valence-corrected chi connectivity index (χ2v) is 6.31. The second-order valence-electron chi connectivity index (χ2n) is 6.31. The molecule has 2 heteroatoms. The molecule has 1 amide bonds. The lowest BCUT2D eigenvalue weighted by atomic mass is 9.80. The van der Waals surface area contributed by atoms with Gasteiger partial charge in [0.1, 0.15) is 0 Å². The maximum Gasteiger partial charge on any atom is 0.242 e. The summed E-state index contributed by atoms with van der Waals surface area (Å²) >= 11 is 0. The van der Waals surface area contributed by atoms with E-state index in [9.17, 15) is 4.79 Å². The van der Waals surface area contributed by atoms with Crippen molar-refractivity contribution in [1.82, 2.24) is 0 Å². The van der Waals surface area contributed by atoms with Crippen molar-refractivity contribution in [2.75, 3.05) is 4.90 Å². The van der Waals surface area contributed by atoms with Crippen LogP contribution >= 0.6 is 0 Å². The van der Waals surface area contributed by atoms with E-state index < -0.39 is 5.41 Å². The number of para-hydroxylation sites is 2. The molecule has 0 bridgehead atoms. The Bertz CT molecular complexity index is 728. The van der Waals surface area contributed by atoms with Gasteiger partial charge in [-0.25, -0.2) is 0 Å². The van der Waals surface area contributed by atoms with Crippen molar-refractivity contribution in [1.29, 1.82) is 0 Å². The predicted molar refractivity (Wildman–Crippen MR) is 91.4 cm³/mol. The summed E-state index contributed by atoms with van der Waals surface area (Å²) in [5, 5.41) is 0. The molecule has 0 fully saturated rings. The molecule has 2 nitrogen and oxygen atoms in total. The third kappa shape index (κ3) is 2.25. The van der Waals surface area contributed by atoms with Gasteiger partial charge in [-0.3, -0.25) is 9.69 Å². The molecular formula is C20H21NO. The van der Waals surface area contributed by atoms with Crippen LogP contribution in [0.2, 0.25) is 0 Å². The highest BCUT2D eigenvalue weighted by Gasteiger charge is 2.46. The number of hydrogen-bond acceptors (Lipinski definition) is 1. The van der Waals surface area contributed by atoms with Crippen LogP contribution in [-0.4, -0.2) is 5.91 Å². The van der Waals surface area contributed by atoms with Gasteiger partial charge in [-0.1, -0.05) is 48.0 Å². The van der Waals surface area contributed by atoms with E-state index in [1.54, 1.807) is 0 Å². The molecule has 0 radical (unpaired) electrons. The lowest BCUT2D eigenvalue weighted by molar-refractivity contribution is -0.121. The molecule has 0 saturated carbocycles. The fraction of sp³-hybridized carbons (Fsp3) is 0.250. The van der Waals surface area contributed by atoms with Crippen LogP contribution in [-0.2, 0) is 10.2 Å². The number of carbonyl (C=O) groups is 1. The van der Waals surface area contributed by atoms with Crippen molar-refractivity contribution in [2.45, 2.75) is 32.6 Å². The zero-order valence-corrected chi connectivity index (χ0v) is 13.3. The Hall–Kier alpha value is -2.35. The second kappa shape index (κ2) is 5.45. The predicted octanol–water partition coefficient (Wildman–Crippen LogP) is 4.98. The fourth-order valence-electron chi connectivity index (χ4n) is 3.05. The van der Waals surface area contributed by atoms with Gasteiger partial charge in [-0.05, 0) is 51.0 Å². The van der Waals surface area contributed by atoms with Crippen molar-refractivity contribution < 1.29 is 4.79 Å². The Morgan fingerprint density at radius 1 is 1.05 bits per heavy atom. The topological polar surface area (TPSA) is 20.3 Å². The monoisotopic (exact) mass is 291 g/mol. The Kier molecular flexibility index (Phi) is 3.61. The van der Waals surface area contributed by atoms with Crippen LogP contribution in [0.4, 0.5) is 11.4 Å². The fourth-order valence-corrected chi connectivity index (χ4v) is 3.05. The van der Waals surface area contributed by atoms with Gasteiger partial charge in [0.15, 0.2) is 0 Å². The average Bonchev–Trinajstić information content (AvgIpc) is 2.75. The lowest BCUT2D eigenvalue weighted by Crippen LogP contribution is -2.35. The number of hydrogen-bond donors (Lipinski definition) is 0. The van der Waals surface area contributed by atoms with Gasteiger partial charge in [0, 0.05) is 5.69 Å².